The fourth-order valence-corrected chi connectivity index (χ4v) is 2.84. The molecule has 0 radical (unpaired) electrons. The second kappa shape index (κ2) is 6.08. The largest absolute Gasteiger partial charge is 0.423 e. The Bertz CT molecular complexity index is 1340. The fraction of sp³-hybridized carbons (Fsp3) is 0. The normalized spacial score (nSPS) is 10.9. The molecule has 26 heavy (non-hydrogen) atoms. The van der Waals surface area contributed by atoms with E-state index in [1.165, 1.54) is 18.2 Å². The molecule has 0 fully saturated rings. The Morgan fingerprint density at radius 1 is 1.04 bits per heavy atom. The summed E-state index contributed by atoms with van der Waals surface area (Å²) in [4.78, 5) is 41.6. The van der Waals surface area contributed by atoms with Gasteiger partial charge in [0.1, 0.15) is 16.8 Å². The summed E-state index contributed by atoms with van der Waals surface area (Å²) >= 11 is 4.89. The SMILES string of the molecule is O=C(Oc1ccc2oc(=O)c3[nH]c(=S)[nH]c(=O)c3c2c1)c1ccccc1. The first-order chi connectivity index (χ1) is 12.5. The van der Waals surface area contributed by atoms with Gasteiger partial charge in [0, 0.05) is 5.39 Å². The van der Waals surface area contributed by atoms with Crippen LogP contribution in [0.4, 0.5) is 0 Å². The summed E-state index contributed by atoms with van der Waals surface area (Å²) in [5.74, 6) is -0.330. The highest BCUT2D eigenvalue weighted by atomic mass is 32.1. The quantitative estimate of drug-likeness (QED) is 0.186. The van der Waals surface area contributed by atoms with Crippen LogP contribution in [-0.2, 0) is 0 Å². The number of ether oxygens (including phenoxy) is 1. The maximum atomic E-state index is 12.3. The van der Waals surface area contributed by atoms with Crippen molar-refractivity contribution in [1.82, 2.24) is 9.97 Å². The van der Waals surface area contributed by atoms with Crippen LogP contribution < -0.4 is 15.9 Å². The minimum atomic E-state index is -0.710. The fourth-order valence-electron chi connectivity index (χ4n) is 2.64. The number of benzene rings is 2. The first-order valence-corrected chi connectivity index (χ1v) is 7.94. The van der Waals surface area contributed by atoms with E-state index in [2.05, 4.69) is 9.97 Å². The summed E-state index contributed by atoms with van der Waals surface area (Å²) in [5.41, 5.74) is -0.707. The molecule has 0 aliphatic heterocycles. The molecule has 0 saturated heterocycles. The zero-order valence-corrected chi connectivity index (χ0v) is 13.9. The van der Waals surface area contributed by atoms with E-state index in [0.29, 0.717) is 10.9 Å². The lowest BCUT2D eigenvalue weighted by atomic mass is 10.1. The molecule has 2 heterocycles. The lowest BCUT2D eigenvalue weighted by molar-refractivity contribution is 0.0735. The molecular weight excluding hydrogens is 356 g/mol. The number of carbonyl (C=O) groups is 1. The molecule has 0 atom stereocenters. The van der Waals surface area contributed by atoms with E-state index >= 15 is 0 Å². The van der Waals surface area contributed by atoms with Crippen LogP contribution in [0.25, 0.3) is 21.9 Å². The standard InChI is InChI=1S/C18H10N2O5S/c21-15-13-11-8-10(24-16(22)9-4-2-1-3-5-9)6-7-12(11)25-17(23)14(13)19-18(26)20-15/h1-8H,(H2,19,20,21,26). The molecule has 0 aliphatic carbocycles. The van der Waals surface area contributed by atoms with E-state index in [1.807, 2.05) is 0 Å². The number of fused-ring (bicyclic) bond motifs is 3. The highest BCUT2D eigenvalue weighted by Gasteiger charge is 2.14. The average Bonchev–Trinajstić information content (AvgIpc) is 2.63. The van der Waals surface area contributed by atoms with Gasteiger partial charge in [-0.1, -0.05) is 18.2 Å². The summed E-state index contributed by atoms with van der Waals surface area (Å²) in [6, 6.07) is 12.9. The van der Waals surface area contributed by atoms with E-state index in [-0.39, 0.29) is 27.0 Å². The van der Waals surface area contributed by atoms with Gasteiger partial charge in [0.05, 0.1) is 10.9 Å². The van der Waals surface area contributed by atoms with Crippen molar-refractivity contribution >= 4 is 40.1 Å². The molecule has 0 saturated carbocycles. The first kappa shape index (κ1) is 16.0. The van der Waals surface area contributed by atoms with Gasteiger partial charge in [0.2, 0.25) is 0 Å². The van der Waals surface area contributed by atoms with E-state index in [0.717, 1.165) is 0 Å². The van der Waals surface area contributed by atoms with Gasteiger partial charge in [-0.05, 0) is 42.5 Å². The van der Waals surface area contributed by atoms with E-state index in [9.17, 15) is 14.4 Å². The Kier molecular flexibility index (Phi) is 3.74. The molecule has 0 bridgehead atoms. The minimum absolute atomic E-state index is 0.0146. The van der Waals surface area contributed by atoms with Gasteiger partial charge in [-0.15, -0.1) is 0 Å². The minimum Gasteiger partial charge on any atom is -0.423 e. The molecule has 2 N–H and O–H groups in total. The van der Waals surface area contributed by atoms with Crippen LogP contribution in [0.1, 0.15) is 10.4 Å². The van der Waals surface area contributed by atoms with Crippen molar-refractivity contribution in [2.75, 3.05) is 0 Å². The topological polar surface area (TPSA) is 105 Å². The van der Waals surface area contributed by atoms with Gasteiger partial charge < -0.3 is 14.1 Å². The van der Waals surface area contributed by atoms with Gasteiger partial charge in [-0.25, -0.2) is 9.59 Å². The third-order valence-corrected chi connectivity index (χ3v) is 3.99. The number of aromatic nitrogens is 2. The molecule has 4 aromatic rings. The van der Waals surface area contributed by atoms with Crippen LogP contribution >= 0.6 is 12.2 Å². The predicted molar refractivity (Wildman–Crippen MR) is 97.2 cm³/mol. The van der Waals surface area contributed by atoms with Crippen molar-refractivity contribution < 1.29 is 13.9 Å². The van der Waals surface area contributed by atoms with Crippen molar-refractivity contribution in [3.63, 3.8) is 0 Å². The molecule has 0 spiro atoms. The lowest BCUT2D eigenvalue weighted by Gasteiger charge is -2.06. The smallest absolute Gasteiger partial charge is 0.361 e. The highest BCUT2D eigenvalue weighted by Crippen LogP contribution is 2.24. The maximum absolute atomic E-state index is 12.3. The predicted octanol–water partition coefficient (Wildman–Crippen LogP) is 2.91. The molecule has 2 aromatic carbocycles. The third-order valence-electron chi connectivity index (χ3n) is 3.79. The summed E-state index contributed by atoms with van der Waals surface area (Å²) in [5, 5.41) is 0.410. The zero-order chi connectivity index (χ0) is 18.3. The van der Waals surface area contributed by atoms with Gasteiger partial charge >= 0.3 is 11.6 Å². The number of hydrogen-bond acceptors (Lipinski definition) is 6. The molecule has 0 aliphatic rings. The van der Waals surface area contributed by atoms with Crippen molar-refractivity contribution in [3.05, 3.63) is 79.6 Å². The van der Waals surface area contributed by atoms with Gasteiger partial charge in [-0.3, -0.25) is 9.78 Å². The van der Waals surface area contributed by atoms with Crippen molar-refractivity contribution in [2.45, 2.75) is 0 Å². The van der Waals surface area contributed by atoms with Crippen molar-refractivity contribution in [2.24, 2.45) is 0 Å². The second-order valence-corrected chi connectivity index (χ2v) is 5.87. The lowest BCUT2D eigenvalue weighted by Crippen LogP contribution is -2.14. The Hall–Kier alpha value is -3.52. The van der Waals surface area contributed by atoms with E-state index in [4.69, 9.17) is 21.4 Å². The Morgan fingerprint density at radius 3 is 2.58 bits per heavy atom. The van der Waals surface area contributed by atoms with Crippen molar-refractivity contribution in [3.8, 4) is 5.75 Å². The molecule has 2 aromatic heterocycles. The Balaban J connectivity index is 1.89. The summed E-state index contributed by atoms with van der Waals surface area (Å²) < 4.78 is 10.6. The van der Waals surface area contributed by atoms with Gasteiger partial charge in [-0.2, -0.15) is 0 Å². The zero-order valence-electron chi connectivity index (χ0n) is 13.1. The van der Waals surface area contributed by atoms with Gasteiger partial charge in [0.15, 0.2) is 4.77 Å². The van der Waals surface area contributed by atoms with Gasteiger partial charge in [0.25, 0.3) is 5.56 Å². The monoisotopic (exact) mass is 366 g/mol. The highest BCUT2D eigenvalue weighted by molar-refractivity contribution is 7.71. The number of H-pyrrole nitrogens is 2. The maximum Gasteiger partial charge on any atom is 0.361 e. The third kappa shape index (κ3) is 2.72. The molecule has 0 amide bonds. The van der Waals surface area contributed by atoms with E-state index in [1.54, 1.807) is 30.3 Å². The number of hydrogen-bond donors (Lipinski definition) is 2. The molecular formula is C18H10N2O5S. The summed E-state index contributed by atoms with van der Waals surface area (Å²) in [6.45, 7) is 0. The Labute approximate surface area is 149 Å². The van der Waals surface area contributed by atoms with Crippen LogP contribution in [0, 0.1) is 4.77 Å². The average molecular weight is 366 g/mol. The first-order valence-electron chi connectivity index (χ1n) is 7.53. The number of esters is 1. The van der Waals surface area contributed by atoms with Crippen molar-refractivity contribution in [1.29, 1.82) is 0 Å². The summed E-state index contributed by atoms with van der Waals surface area (Å²) in [7, 11) is 0. The number of nitrogens with one attached hydrogen (secondary N) is 2. The molecule has 7 nitrogen and oxygen atoms in total. The number of carbonyl (C=O) groups excluding carboxylic acids is 1. The molecule has 0 unspecified atom stereocenters. The number of aromatic amines is 2. The van der Waals surface area contributed by atoms with Crippen LogP contribution in [-0.4, -0.2) is 15.9 Å². The Morgan fingerprint density at radius 2 is 1.81 bits per heavy atom. The van der Waals surface area contributed by atoms with E-state index < -0.39 is 17.2 Å². The second-order valence-electron chi connectivity index (χ2n) is 5.46. The van der Waals surface area contributed by atoms with Crippen LogP contribution in [0.3, 0.4) is 0 Å². The number of rotatable bonds is 2. The molecule has 128 valence electrons. The molecule has 4 rings (SSSR count). The van der Waals surface area contributed by atoms with Crippen LogP contribution in [0.15, 0.2) is 62.5 Å². The van der Waals surface area contributed by atoms with Crippen LogP contribution in [0.2, 0.25) is 0 Å². The summed E-state index contributed by atoms with van der Waals surface area (Å²) in [6.07, 6.45) is 0. The molecule has 8 heteroatoms. The van der Waals surface area contributed by atoms with Crippen LogP contribution in [0.5, 0.6) is 5.75 Å².